The number of aliphatic carboxylic acids is 1. The van der Waals surface area contributed by atoms with Gasteiger partial charge in [-0.3, -0.25) is 4.79 Å². The molecule has 5 heteroatoms. The third-order valence-electron chi connectivity index (χ3n) is 2.18. The largest absolute Gasteiger partial charge is 0.481 e. The number of carboxylic acid groups (broad SMARTS) is 1. The molecule has 2 rings (SSSR count). The highest BCUT2D eigenvalue weighted by atomic mass is 32.1. The molecule has 0 aliphatic carbocycles. The van der Waals surface area contributed by atoms with Crippen molar-refractivity contribution in [2.75, 3.05) is 0 Å². The first-order valence-electron chi connectivity index (χ1n) is 4.92. The summed E-state index contributed by atoms with van der Waals surface area (Å²) in [6, 6.07) is 4.50. The van der Waals surface area contributed by atoms with E-state index in [9.17, 15) is 9.18 Å². The molecule has 0 saturated heterocycles. The van der Waals surface area contributed by atoms with Crippen molar-refractivity contribution in [3.8, 4) is 0 Å². The van der Waals surface area contributed by atoms with Crippen molar-refractivity contribution >= 4 is 27.5 Å². The van der Waals surface area contributed by atoms with Gasteiger partial charge in [0, 0.05) is 12.5 Å². The topological polar surface area (TPSA) is 50.2 Å². The Morgan fingerprint density at radius 2 is 2.31 bits per heavy atom. The Kier molecular flexibility index (Phi) is 3.14. The van der Waals surface area contributed by atoms with E-state index in [1.54, 1.807) is 6.07 Å². The normalized spacial score (nSPS) is 10.8. The number of rotatable bonds is 4. The van der Waals surface area contributed by atoms with Crippen molar-refractivity contribution in [1.82, 2.24) is 4.98 Å². The minimum absolute atomic E-state index is 0.143. The second-order valence-electron chi connectivity index (χ2n) is 3.47. The minimum atomic E-state index is -0.799. The zero-order valence-electron chi connectivity index (χ0n) is 8.44. The number of benzene rings is 1. The van der Waals surface area contributed by atoms with E-state index < -0.39 is 5.97 Å². The van der Waals surface area contributed by atoms with Crippen molar-refractivity contribution in [2.45, 2.75) is 19.3 Å². The number of carboxylic acids is 1. The van der Waals surface area contributed by atoms with Crippen LogP contribution < -0.4 is 0 Å². The van der Waals surface area contributed by atoms with Gasteiger partial charge in [-0.25, -0.2) is 9.37 Å². The van der Waals surface area contributed by atoms with E-state index in [-0.39, 0.29) is 12.2 Å². The second-order valence-corrected chi connectivity index (χ2v) is 4.58. The van der Waals surface area contributed by atoms with Crippen LogP contribution in [0.1, 0.15) is 17.8 Å². The number of fused-ring (bicyclic) bond motifs is 1. The highest BCUT2D eigenvalue weighted by Gasteiger charge is 2.05. The summed E-state index contributed by atoms with van der Waals surface area (Å²) < 4.78 is 13.8. The van der Waals surface area contributed by atoms with Gasteiger partial charge in [0.25, 0.3) is 0 Å². The number of aromatic nitrogens is 1. The van der Waals surface area contributed by atoms with Gasteiger partial charge in [-0.15, -0.1) is 11.3 Å². The quantitative estimate of drug-likeness (QED) is 0.892. The zero-order chi connectivity index (χ0) is 11.5. The monoisotopic (exact) mass is 239 g/mol. The molecule has 1 heterocycles. The number of thiazole rings is 1. The number of carbonyl (C=O) groups is 1. The molecule has 0 amide bonds. The zero-order valence-corrected chi connectivity index (χ0v) is 9.26. The van der Waals surface area contributed by atoms with Gasteiger partial charge in [-0.2, -0.15) is 0 Å². The smallest absolute Gasteiger partial charge is 0.303 e. The lowest BCUT2D eigenvalue weighted by Crippen LogP contribution is -1.95. The maximum absolute atomic E-state index is 12.9. The van der Waals surface area contributed by atoms with Crippen LogP contribution in [-0.4, -0.2) is 16.1 Å². The number of hydrogen-bond donors (Lipinski definition) is 1. The predicted octanol–water partition coefficient (Wildman–Crippen LogP) is 2.84. The Morgan fingerprint density at radius 1 is 1.50 bits per heavy atom. The molecule has 84 valence electrons. The fourth-order valence-electron chi connectivity index (χ4n) is 1.45. The molecule has 0 spiro atoms. The van der Waals surface area contributed by atoms with Crippen LogP contribution in [0.15, 0.2) is 18.2 Å². The van der Waals surface area contributed by atoms with E-state index in [1.165, 1.54) is 23.5 Å². The van der Waals surface area contributed by atoms with Gasteiger partial charge in [0.05, 0.1) is 15.2 Å². The Labute approximate surface area is 95.6 Å². The molecule has 0 radical (unpaired) electrons. The number of nitrogens with zero attached hydrogens (tertiary/aromatic N) is 1. The molecule has 1 N–H and O–H groups in total. The highest BCUT2D eigenvalue weighted by Crippen LogP contribution is 2.23. The van der Waals surface area contributed by atoms with E-state index in [0.29, 0.717) is 18.4 Å². The summed E-state index contributed by atoms with van der Waals surface area (Å²) in [4.78, 5) is 14.6. The van der Waals surface area contributed by atoms with E-state index in [1.807, 2.05) is 0 Å². The first kappa shape index (κ1) is 11.0. The molecule has 1 aromatic heterocycles. The SMILES string of the molecule is O=C(O)CCCc1nc2cc(F)ccc2s1. The molecule has 0 aliphatic heterocycles. The maximum Gasteiger partial charge on any atom is 0.303 e. The summed E-state index contributed by atoms with van der Waals surface area (Å²) in [6.45, 7) is 0. The molecule has 2 aromatic rings. The van der Waals surface area contributed by atoms with Gasteiger partial charge in [-0.05, 0) is 25.0 Å². The summed E-state index contributed by atoms with van der Waals surface area (Å²) in [5.74, 6) is -1.10. The molecule has 0 bridgehead atoms. The van der Waals surface area contributed by atoms with Crippen LogP contribution in [0, 0.1) is 5.82 Å². The van der Waals surface area contributed by atoms with Crippen molar-refractivity contribution in [3.63, 3.8) is 0 Å². The Hall–Kier alpha value is -1.49. The van der Waals surface area contributed by atoms with Gasteiger partial charge in [0.15, 0.2) is 0 Å². The lowest BCUT2D eigenvalue weighted by Gasteiger charge is -1.91. The van der Waals surface area contributed by atoms with Gasteiger partial charge in [-0.1, -0.05) is 0 Å². The van der Waals surface area contributed by atoms with Crippen molar-refractivity contribution in [1.29, 1.82) is 0 Å². The number of hydrogen-bond acceptors (Lipinski definition) is 3. The van der Waals surface area contributed by atoms with Crippen LogP contribution in [-0.2, 0) is 11.2 Å². The van der Waals surface area contributed by atoms with Gasteiger partial charge < -0.3 is 5.11 Å². The molecule has 0 saturated carbocycles. The average Bonchev–Trinajstić information content (AvgIpc) is 2.58. The summed E-state index contributed by atoms with van der Waals surface area (Å²) >= 11 is 1.49. The van der Waals surface area contributed by atoms with E-state index in [2.05, 4.69) is 4.98 Å². The van der Waals surface area contributed by atoms with E-state index in [4.69, 9.17) is 5.11 Å². The van der Waals surface area contributed by atoms with Crippen LogP contribution in [0.2, 0.25) is 0 Å². The van der Waals surface area contributed by atoms with E-state index in [0.717, 1.165) is 9.71 Å². The second kappa shape index (κ2) is 4.57. The van der Waals surface area contributed by atoms with Crippen LogP contribution >= 0.6 is 11.3 Å². The molecule has 0 fully saturated rings. The third-order valence-corrected chi connectivity index (χ3v) is 3.27. The lowest BCUT2D eigenvalue weighted by molar-refractivity contribution is -0.137. The summed E-state index contributed by atoms with van der Waals surface area (Å²) in [5.41, 5.74) is 0.648. The molecule has 0 atom stereocenters. The van der Waals surface area contributed by atoms with Gasteiger partial charge in [0.1, 0.15) is 5.82 Å². The fraction of sp³-hybridized carbons (Fsp3) is 0.273. The predicted molar refractivity (Wildman–Crippen MR) is 60.2 cm³/mol. The van der Waals surface area contributed by atoms with Crippen molar-refractivity contribution < 1.29 is 14.3 Å². The molecular weight excluding hydrogens is 229 g/mol. The standard InChI is InChI=1S/C11H10FNO2S/c12-7-4-5-9-8(6-7)13-10(16-9)2-1-3-11(14)15/h4-6H,1-3H2,(H,14,15). The molecule has 0 aliphatic rings. The Bertz CT molecular complexity index is 524. The first-order chi connectivity index (χ1) is 7.65. The fourth-order valence-corrected chi connectivity index (χ4v) is 2.44. The summed E-state index contributed by atoms with van der Waals surface area (Å²) in [6.07, 6.45) is 1.34. The molecule has 3 nitrogen and oxygen atoms in total. The Morgan fingerprint density at radius 3 is 3.06 bits per heavy atom. The highest BCUT2D eigenvalue weighted by molar-refractivity contribution is 7.18. The van der Waals surface area contributed by atoms with Gasteiger partial charge in [0.2, 0.25) is 0 Å². The number of aryl methyl sites for hydroxylation is 1. The van der Waals surface area contributed by atoms with Gasteiger partial charge >= 0.3 is 5.97 Å². The number of halogens is 1. The average molecular weight is 239 g/mol. The lowest BCUT2D eigenvalue weighted by atomic mass is 10.2. The molecule has 0 unspecified atom stereocenters. The minimum Gasteiger partial charge on any atom is -0.481 e. The Balaban J connectivity index is 2.10. The maximum atomic E-state index is 12.9. The van der Waals surface area contributed by atoms with Crippen LogP contribution in [0.25, 0.3) is 10.2 Å². The van der Waals surface area contributed by atoms with Crippen molar-refractivity contribution in [2.24, 2.45) is 0 Å². The van der Waals surface area contributed by atoms with E-state index >= 15 is 0 Å². The van der Waals surface area contributed by atoms with Crippen LogP contribution in [0.5, 0.6) is 0 Å². The third kappa shape index (κ3) is 2.55. The van der Waals surface area contributed by atoms with Crippen LogP contribution in [0.4, 0.5) is 4.39 Å². The summed E-state index contributed by atoms with van der Waals surface area (Å²) in [5, 5.41) is 9.36. The summed E-state index contributed by atoms with van der Waals surface area (Å²) in [7, 11) is 0. The first-order valence-corrected chi connectivity index (χ1v) is 5.73. The van der Waals surface area contributed by atoms with Crippen LogP contribution in [0.3, 0.4) is 0 Å². The molecule has 16 heavy (non-hydrogen) atoms. The van der Waals surface area contributed by atoms with Crippen molar-refractivity contribution in [3.05, 3.63) is 29.0 Å². The molecular formula is C11H10FNO2S. The molecule has 1 aromatic carbocycles.